The third-order valence-corrected chi connectivity index (χ3v) is 3.58. The van der Waals surface area contributed by atoms with Crippen molar-refractivity contribution in [3.8, 4) is 0 Å². The maximum Gasteiger partial charge on any atom is 0.324 e. The number of aliphatic carboxylic acids is 1. The van der Waals surface area contributed by atoms with Gasteiger partial charge in [-0.05, 0) is 12.5 Å². The van der Waals surface area contributed by atoms with E-state index in [1.807, 2.05) is 0 Å². The second kappa shape index (κ2) is 4.18. The van der Waals surface area contributed by atoms with Crippen molar-refractivity contribution < 1.29 is 19.6 Å². The van der Waals surface area contributed by atoms with Crippen molar-refractivity contribution in [2.24, 2.45) is 5.92 Å². The molecule has 1 aromatic rings. The zero-order valence-electron chi connectivity index (χ0n) is 8.16. The molecule has 0 radical (unpaired) electrons. The van der Waals surface area contributed by atoms with Crippen LogP contribution in [0.15, 0.2) is 12.1 Å². The number of carboxylic acids is 1. The van der Waals surface area contributed by atoms with E-state index < -0.39 is 22.9 Å². The van der Waals surface area contributed by atoms with Crippen molar-refractivity contribution in [1.29, 1.82) is 0 Å². The van der Waals surface area contributed by atoms with Crippen LogP contribution in [0.4, 0.5) is 5.00 Å². The minimum atomic E-state index is -0.918. The third kappa shape index (κ3) is 1.91. The van der Waals surface area contributed by atoms with Gasteiger partial charge in [-0.15, -0.1) is 0 Å². The van der Waals surface area contributed by atoms with Gasteiger partial charge >= 0.3 is 11.0 Å². The first-order valence-electron chi connectivity index (χ1n) is 4.68. The number of rotatable bonds is 3. The first-order chi connectivity index (χ1) is 7.59. The Kier molecular flexibility index (Phi) is 2.88. The highest BCUT2D eigenvalue weighted by Gasteiger charge is 2.36. The number of nitro groups is 1. The Morgan fingerprint density at radius 2 is 2.38 bits per heavy atom. The van der Waals surface area contributed by atoms with Crippen molar-refractivity contribution in [3.05, 3.63) is 27.1 Å². The van der Waals surface area contributed by atoms with Gasteiger partial charge in [-0.25, -0.2) is 0 Å². The fourth-order valence-electron chi connectivity index (χ4n) is 1.72. The molecule has 0 aromatic carbocycles. The van der Waals surface area contributed by atoms with Gasteiger partial charge in [0.1, 0.15) is 6.10 Å². The Balaban J connectivity index is 2.22. The fourth-order valence-corrected chi connectivity index (χ4v) is 2.65. The molecule has 1 saturated heterocycles. The lowest BCUT2D eigenvalue weighted by Crippen LogP contribution is -2.16. The Bertz CT molecular complexity index is 429. The summed E-state index contributed by atoms with van der Waals surface area (Å²) in [6.45, 7) is 0.382. The van der Waals surface area contributed by atoms with Crippen LogP contribution >= 0.6 is 11.3 Å². The number of thiophene rings is 1. The molecule has 0 amide bonds. The standard InChI is InChI=1S/C9H9NO5S/c11-9(12)5-3-4-15-8(5)6-1-2-7(16-6)10(13)14/h1-2,5,8H,3-4H2,(H,11,12). The van der Waals surface area contributed by atoms with Crippen molar-refractivity contribution in [2.45, 2.75) is 12.5 Å². The highest BCUT2D eigenvalue weighted by atomic mass is 32.1. The Morgan fingerprint density at radius 3 is 2.94 bits per heavy atom. The maximum atomic E-state index is 10.9. The number of carbonyl (C=O) groups is 1. The molecule has 1 fully saturated rings. The van der Waals surface area contributed by atoms with Gasteiger partial charge in [-0.1, -0.05) is 11.3 Å². The van der Waals surface area contributed by atoms with Crippen LogP contribution in [-0.4, -0.2) is 22.6 Å². The highest BCUT2D eigenvalue weighted by Crippen LogP contribution is 2.39. The lowest BCUT2D eigenvalue weighted by atomic mass is 10.0. The van der Waals surface area contributed by atoms with E-state index in [-0.39, 0.29) is 5.00 Å². The van der Waals surface area contributed by atoms with Crippen LogP contribution in [0.2, 0.25) is 0 Å². The summed E-state index contributed by atoms with van der Waals surface area (Å²) in [6.07, 6.45) is -0.0951. The van der Waals surface area contributed by atoms with Crippen LogP contribution in [0, 0.1) is 16.0 Å². The predicted octanol–water partition coefficient (Wildman–Crippen LogP) is 1.82. The molecular weight excluding hydrogens is 234 g/mol. The Labute approximate surface area is 94.6 Å². The average molecular weight is 243 g/mol. The molecule has 0 spiro atoms. The van der Waals surface area contributed by atoms with E-state index in [9.17, 15) is 14.9 Å². The zero-order valence-corrected chi connectivity index (χ0v) is 8.98. The van der Waals surface area contributed by atoms with Gasteiger partial charge in [0.15, 0.2) is 0 Å². The molecule has 86 valence electrons. The van der Waals surface area contributed by atoms with Gasteiger partial charge in [0.05, 0.1) is 10.8 Å². The molecule has 2 rings (SSSR count). The van der Waals surface area contributed by atoms with Crippen LogP contribution in [0.3, 0.4) is 0 Å². The van der Waals surface area contributed by atoms with Crippen LogP contribution in [0.25, 0.3) is 0 Å². The van der Waals surface area contributed by atoms with Gasteiger partial charge in [-0.3, -0.25) is 14.9 Å². The summed E-state index contributed by atoms with van der Waals surface area (Å²) in [7, 11) is 0. The molecule has 2 heterocycles. The lowest BCUT2D eigenvalue weighted by Gasteiger charge is -2.11. The maximum absolute atomic E-state index is 10.9. The predicted molar refractivity (Wildman–Crippen MR) is 55.4 cm³/mol. The Hall–Kier alpha value is -1.47. The highest BCUT2D eigenvalue weighted by molar-refractivity contribution is 7.15. The normalized spacial score (nSPS) is 24.5. The van der Waals surface area contributed by atoms with Crippen molar-refractivity contribution >= 4 is 22.3 Å². The summed E-state index contributed by atoms with van der Waals surface area (Å²) in [5.41, 5.74) is 0. The summed E-state index contributed by atoms with van der Waals surface area (Å²) in [5, 5.41) is 19.5. The third-order valence-electron chi connectivity index (χ3n) is 2.48. The topological polar surface area (TPSA) is 89.7 Å². The molecule has 1 N–H and O–H groups in total. The van der Waals surface area contributed by atoms with E-state index in [1.54, 1.807) is 6.07 Å². The van der Waals surface area contributed by atoms with Gasteiger partial charge in [0, 0.05) is 17.6 Å². The van der Waals surface area contributed by atoms with E-state index in [1.165, 1.54) is 6.07 Å². The van der Waals surface area contributed by atoms with E-state index in [0.717, 1.165) is 11.3 Å². The number of ether oxygens (including phenoxy) is 1. The molecule has 7 heteroatoms. The number of hydrogen-bond acceptors (Lipinski definition) is 5. The van der Waals surface area contributed by atoms with Gasteiger partial charge in [0.25, 0.3) is 0 Å². The van der Waals surface area contributed by atoms with Crippen LogP contribution < -0.4 is 0 Å². The van der Waals surface area contributed by atoms with E-state index in [4.69, 9.17) is 9.84 Å². The molecule has 0 aliphatic carbocycles. The SMILES string of the molecule is O=C(O)C1CCOC1c1ccc([N+](=O)[O-])s1. The molecule has 0 saturated carbocycles. The number of hydrogen-bond donors (Lipinski definition) is 1. The molecule has 6 nitrogen and oxygen atoms in total. The van der Waals surface area contributed by atoms with Gasteiger partial charge < -0.3 is 9.84 Å². The van der Waals surface area contributed by atoms with Crippen LogP contribution in [-0.2, 0) is 9.53 Å². The van der Waals surface area contributed by atoms with E-state index in [2.05, 4.69) is 0 Å². The van der Waals surface area contributed by atoms with Crippen molar-refractivity contribution in [1.82, 2.24) is 0 Å². The average Bonchev–Trinajstić information content (AvgIpc) is 2.86. The van der Waals surface area contributed by atoms with Crippen molar-refractivity contribution in [3.63, 3.8) is 0 Å². The summed E-state index contributed by atoms with van der Waals surface area (Å²) in [5.74, 6) is -1.52. The quantitative estimate of drug-likeness (QED) is 0.646. The molecule has 1 aliphatic rings. The van der Waals surface area contributed by atoms with Crippen LogP contribution in [0.1, 0.15) is 17.4 Å². The fraction of sp³-hybridized carbons (Fsp3) is 0.444. The number of nitrogens with zero attached hydrogens (tertiary/aromatic N) is 1. The largest absolute Gasteiger partial charge is 0.481 e. The van der Waals surface area contributed by atoms with Gasteiger partial charge in [-0.2, -0.15) is 0 Å². The van der Waals surface area contributed by atoms with Gasteiger partial charge in [0.2, 0.25) is 0 Å². The first kappa shape index (κ1) is 11.0. The second-order valence-corrected chi connectivity index (χ2v) is 4.55. The second-order valence-electron chi connectivity index (χ2n) is 3.46. The molecule has 2 unspecified atom stereocenters. The van der Waals surface area contributed by atoms with Crippen LogP contribution in [0.5, 0.6) is 0 Å². The van der Waals surface area contributed by atoms with Crippen molar-refractivity contribution in [2.75, 3.05) is 6.61 Å². The molecule has 2 atom stereocenters. The minimum Gasteiger partial charge on any atom is -0.481 e. The lowest BCUT2D eigenvalue weighted by molar-refractivity contribution is -0.380. The smallest absolute Gasteiger partial charge is 0.324 e. The summed E-state index contributed by atoms with van der Waals surface area (Å²) in [6, 6.07) is 2.94. The summed E-state index contributed by atoms with van der Waals surface area (Å²) in [4.78, 5) is 21.5. The zero-order chi connectivity index (χ0) is 11.7. The molecule has 1 aromatic heterocycles. The molecule has 0 bridgehead atoms. The minimum absolute atomic E-state index is 0.00892. The molecular formula is C9H9NO5S. The Morgan fingerprint density at radius 1 is 1.62 bits per heavy atom. The molecule has 16 heavy (non-hydrogen) atoms. The number of carboxylic acid groups (broad SMARTS) is 1. The summed E-state index contributed by atoms with van der Waals surface area (Å²) >= 11 is 0.972. The van der Waals surface area contributed by atoms with E-state index in [0.29, 0.717) is 17.9 Å². The molecule has 1 aliphatic heterocycles. The first-order valence-corrected chi connectivity index (χ1v) is 5.50. The monoisotopic (exact) mass is 243 g/mol. The van der Waals surface area contributed by atoms with E-state index >= 15 is 0 Å². The summed E-state index contributed by atoms with van der Waals surface area (Å²) < 4.78 is 5.31.